The Morgan fingerprint density at radius 3 is 2.71 bits per heavy atom. The Labute approximate surface area is 105 Å². The van der Waals surface area contributed by atoms with Gasteiger partial charge in [0.25, 0.3) is 0 Å². The molecule has 0 atom stereocenters. The summed E-state index contributed by atoms with van der Waals surface area (Å²) < 4.78 is 1.28. The summed E-state index contributed by atoms with van der Waals surface area (Å²) in [5.41, 5.74) is 3.72. The highest BCUT2D eigenvalue weighted by Gasteiger charge is 2.04. The molecule has 2 aromatic carbocycles. The summed E-state index contributed by atoms with van der Waals surface area (Å²) in [6, 6.07) is 17.0. The molecule has 0 N–H and O–H groups in total. The van der Waals surface area contributed by atoms with E-state index >= 15 is 0 Å². The van der Waals surface area contributed by atoms with E-state index in [0.717, 1.165) is 11.9 Å². The maximum Gasteiger partial charge on any atom is 0.0982 e. The zero-order chi connectivity index (χ0) is 11.7. The van der Waals surface area contributed by atoms with Gasteiger partial charge in [0.15, 0.2) is 0 Å². The van der Waals surface area contributed by atoms with Gasteiger partial charge in [0.05, 0.1) is 15.2 Å². The van der Waals surface area contributed by atoms with Crippen LogP contribution in [-0.2, 0) is 6.42 Å². The number of rotatable bonds is 2. The molecule has 0 radical (unpaired) electrons. The van der Waals surface area contributed by atoms with Gasteiger partial charge in [-0.05, 0) is 30.2 Å². The lowest BCUT2D eigenvalue weighted by Crippen LogP contribution is -1.85. The normalized spacial score (nSPS) is 10.9. The van der Waals surface area contributed by atoms with Crippen LogP contribution in [0, 0.1) is 6.92 Å². The molecule has 17 heavy (non-hydrogen) atoms. The van der Waals surface area contributed by atoms with Crippen LogP contribution in [0.5, 0.6) is 0 Å². The van der Waals surface area contributed by atoms with Crippen molar-refractivity contribution in [2.75, 3.05) is 0 Å². The van der Waals surface area contributed by atoms with Gasteiger partial charge in [0, 0.05) is 6.42 Å². The van der Waals surface area contributed by atoms with Gasteiger partial charge in [0.1, 0.15) is 0 Å². The fourth-order valence-electron chi connectivity index (χ4n) is 1.93. The largest absolute Gasteiger partial charge is 0.241 e. The smallest absolute Gasteiger partial charge is 0.0982 e. The van der Waals surface area contributed by atoms with E-state index in [9.17, 15) is 0 Å². The molecule has 1 aromatic heterocycles. The number of aromatic nitrogens is 1. The van der Waals surface area contributed by atoms with E-state index in [0.29, 0.717) is 0 Å². The summed E-state index contributed by atoms with van der Waals surface area (Å²) in [6.07, 6.45) is 0.930. The quantitative estimate of drug-likeness (QED) is 0.653. The number of nitrogens with zero attached hydrogens (tertiary/aromatic N) is 1. The second-order valence-electron chi connectivity index (χ2n) is 4.24. The second kappa shape index (κ2) is 4.30. The Balaban J connectivity index is 1.96. The molecule has 0 aliphatic carbocycles. The SMILES string of the molecule is Cc1ccc2sc(Cc3ccccc3)nc2c1. The van der Waals surface area contributed by atoms with Crippen LogP contribution in [0.1, 0.15) is 16.1 Å². The molecule has 0 amide bonds. The summed E-state index contributed by atoms with van der Waals surface area (Å²) in [7, 11) is 0. The maximum atomic E-state index is 4.69. The van der Waals surface area contributed by atoms with Crippen molar-refractivity contribution in [3.05, 3.63) is 64.7 Å². The van der Waals surface area contributed by atoms with Crippen molar-refractivity contribution in [3.8, 4) is 0 Å². The molecule has 1 nitrogen and oxygen atoms in total. The number of hydrogen-bond acceptors (Lipinski definition) is 2. The molecule has 0 spiro atoms. The molecule has 0 unspecified atom stereocenters. The van der Waals surface area contributed by atoms with Crippen LogP contribution in [0.25, 0.3) is 10.2 Å². The number of benzene rings is 2. The van der Waals surface area contributed by atoms with Crippen molar-refractivity contribution < 1.29 is 0 Å². The molecule has 1 heterocycles. The third-order valence-corrected chi connectivity index (χ3v) is 3.82. The number of fused-ring (bicyclic) bond motifs is 1. The third kappa shape index (κ3) is 2.22. The first kappa shape index (κ1) is 10.5. The summed E-state index contributed by atoms with van der Waals surface area (Å²) >= 11 is 1.79. The monoisotopic (exact) mass is 239 g/mol. The Morgan fingerprint density at radius 2 is 1.88 bits per heavy atom. The van der Waals surface area contributed by atoms with E-state index in [1.807, 2.05) is 6.07 Å². The lowest BCUT2D eigenvalue weighted by Gasteiger charge is -1.95. The van der Waals surface area contributed by atoms with Crippen LogP contribution in [0.3, 0.4) is 0 Å². The van der Waals surface area contributed by atoms with Gasteiger partial charge in [-0.2, -0.15) is 0 Å². The Bertz CT molecular complexity index is 640. The fraction of sp³-hybridized carbons (Fsp3) is 0.133. The third-order valence-electron chi connectivity index (χ3n) is 2.79. The van der Waals surface area contributed by atoms with Gasteiger partial charge in [-0.15, -0.1) is 11.3 Å². The summed E-state index contributed by atoms with van der Waals surface area (Å²) in [5, 5.41) is 1.19. The van der Waals surface area contributed by atoms with E-state index in [-0.39, 0.29) is 0 Å². The van der Waals surface area contributed by atoms with Crippen molar-refractivity contribution in [3.63, 3.8) is 0 Å². The molecule has 3 aromatic rings. The number of thiazole rings is 1. The topological polar surface area (TPSA) is 12.9 Å². The molecule has 0 saturated heterocycles. The Morgan fingerprint density at radius 1 is 1.06 bits per heavy atom. The molecule has 0 aliphatic rings. The average Bonchev–Trinajstić information content (AvgIpc) is 2.71. The van der Waals surface area contributed by atoms with Crippen LogP contribution in [0.2, 0.25) is 0 Å². The predicted molar refractivity (Wildman–Crippen MR) is 73.6 cm³/mol. The van der Waals surface area contributed by atoms with Gasteiger partial charge in [-0.3, -0.25) is 0 Å². The molecule has 0 bridgehead atoms. The van der Waals surface area contributed by atoms with Crippen molar-refractivity contribution in [1.82, 2.24) is 4.98 Å². The molecule has 0 aliphatic heterocycles. The Hall–Kier alpha value is -1.67. The zero-order valence-electron chi connectivity index (χ0n) is 9.68. The standard InChI is InChI=1S/C15H13NS/c1-11-7-8-14-13(9-11)16-15(17-14)10-12-5-3-2-4-6-12/h2-9H,10H2,1H3. The van der Waals surface area contributed by atoms with Crippen LogP contribution < -0.4 is 0 Å². The number of aryl methyl sites for hydroxylation is 1. The van der Waals surface area contributed by atoms with Gasteiger partial charge in [0.2, 0.25) is 0 Å². The predicted octanol–water partition coefficient (Wildman–Crippen LogP) is 4.20. The molecular formula is C15H13NS. The van der Waals surface area contributed by atoms with Crippen LogP contribution in [-0.4, -0.2) is 4.98 Å². The summed E-state index contributed by atoms with van der Waals surface area (Å²) in [4.78, 5) is 4.69. The lowest BCUT2D eigenvalue weighted by molar-refractivity contribution is 1.15. The van der Waals surface area contributed by atoms with E-state index in [1.165, 1.54) is 20.8 Å². The summed E-state index contributed by atoms with van der Waals surface area (Å²) in [6.45, 7) is 2.11. The van der Waals surface area contributed by atoms with Crippen molar-refractivity contribution in [2.45, 2.75) is 13.3 Å². The highest BCUT2D eigenvalue weighted by atomic mass is 32.1. The van der Waals surface area contributed by atoms with E-state index < -0.39 is 0 Å². The van der Waals surface area contributed by atoms with Crippen molar-refractivity contribution in [2.24, 2.45) is 0 Å². The molecule has 2 heteroatoms. The minimum atomic E-state index is 0.930. The molecule has 3 rings (SSSR count). The molecule has 84 valence electrons. The first-order valence-electron chi connectivity index (χ1n) is 5.71. The van der Waals surface area contributed by atoms with E-state index in [4.69, 9.17) is 0 Å². The first-order valence-corrected chi connectivity index (χ1v) is 6.53. The van der Waals surface area contributed by atoms with Gasteiger partial charge in [-0.25, -0.2) is 4.98 Å². The van der Waals surface area contributed by atoms with Crippen molar-refractivity contribution >= 4 is 21.6 Å². The Kier molecular flexibility index (Phi) is 2.65. The van der Waals surface area contributed by atoms with Crippen LogP contribution >= 0.6 is 11.3 Å². The average molecular weight is 239 g/mol. The lowest BCUT2D eigenvalue weighted by atomic mass is 10.2. The minimum Gasteiger partial charge on any atom is -0.241 e. The second-order valence-corrected chi connectivity index (χ2v) is 5.36. The zero-order valence-corrected chi connectivity index (χ0v) is 10.5. The first-order chi connectivity index (χ1) is 8.31. The highest BCUT2D eigenvalue weighted by molar-refractivity contribution is 7.18. The maximum absolute atomic E-state index is 4.69. The molecular weight excluding hydrogens is 226 g/mol. The minimum absolute atomic E-state index is 0.930. The highest BCUT2D eigenvalue weighted by Crippen LogP contribution is 2.24. The molecule has 0 saturated carbocycles. The van der Waals surface area contributed by atoms with Crippen LogP contribution in [0.4, 0.5) is 0 Å². The van der Waals surface area contributed by atoms with Crippen LogP contribution in [0.15, 0.2) is 48.5 Å². The van der Waals surface area contributed by atoms with Crippen molar-refractivity contribution in [1.29, 1.82) is 0 Å². The summed E-state index contributed by atoms with van der Waals surface area (Å²) in [5.74, 6) is 0. The van der Waals surface area contributed by atoms with Gasteiger partial charge in [-0.1, -0.05) is 36.4 Å². The number of hydrogen-bond donors (Lipinski definition) is 0. The van der Waals surface area contributed by atoms with E-state index in [2.05, 4.69) is 54.4 Å². The van der Waals surface area contributed by atoms with Gasteiger partial charge < -0.3 is 0 Å². The fourth-order valence-corrected chi connectivity index (χ4v) is 2.91. The molecule has 0 fully saturated rings. The van der Waals surface area contributed by atoms with E-state index in [1.54, 1.807) is 11.3 Å². The van der Waals surface area contributed by atoms with Gasteiger partial charge >= 0.3 is 0 Å².